The zero-order chi connectivity index (χ0) is 14.5. The molecule has 0 aliphatic heterocycles. The minimum atomic E-state index is -1.45. The van der Waals surface area contributed by atoms with Crippen molar-refractivity contribution in [2.45, 2.75) is 6.92 Å². The molecule has 0 amide bonds. The summed E-state index contributed by atoms with van der Waals surface area (Å²) in [6.07, 6.45) is 0. The van der Waals surface area contributed by atoms with E-state index in [0.717, 1.165) is 16.9 Å². The van der Waals surface area contributed by atoms with Crippen LogP contribution in [0.3, 0.4) is 0 Å². The Balaban J connectivity index is 2.21. The van der Waals surface area contributed by atoms with E-state index in [-0.39, 0.29) is 5.56 Å². The lowest BCUT2D eigenvalue weighted by Gasteiger charge is -2.05. The number of carboxylic acid groups (broad SMARTS) is 1. The second-order valence-electron chi connectivity index (χ2n) is 4.17. The molecule has 4 heteroatoms. The molecule has 0 spiro atoms. The highest BCUT2D eigenvalue weighted by atomic mass is 16.5. The lowest BCUT2D eigenvalue weighted by molar-refractivity contribution is -0.131. The van der Waals surface area contributed by atoms with Crippen LogP contribution in [-0.2, 0) is 4.79 Å². The van der Waals surface area contributed by atoms with Crippen LogP contribution >= 0.6 is 0 Å². The number of rotatable bonds is 5. The number of aliphatic carboxylic acids is 1. The van der Waals surface area contributed by atoms with E-state index in [1.165, 1.54) is 12.1 Å². The van der Waals surface area contributed by atoms with Gasteiger partial charge in [0.2, 0.25) is 0 Å². The molecule has 0 saturated carbocycles. The smallest absolute Gasteiger partial charge is 0.377 e. The molecule has 0 aliphatic rings. The second-order valence-corrected chi connectivity index (χ2v) is 4.17. The molecule has 0 bridgehead atoms. The Kier molecular flexibility index (Phi) is 4.15. The molecule has 0 unspecified atom stereocenters. The van der Waals surface area contributed by atoms with Crippen LogP contribution in [0.25, 0.3) is 11.1 Å². The summed E-state index contributed by atoms with van der Waals surface area (Å²) in [6.45, 7) is 2.54. The molecule has 102 valence electrons. The molecule has 0 saturated heterocycles. The van der Waals surface area contributed by atoms with E-state index >= 15 is 0 Å². The molecule has 20 heavy (non-hydrogen) atoms. The topological polar surface area (TPSA) is 63.6 Å². The first-order valence-electron chi connectivity index (χ1n) is 6.22. The summed E-state index contributed by atoms with van der Waals surface area (Å²) in [5.41, 5.74) is 2.06. The zero-order valence-corrected chi connectivity index (χ0v) is 11.0. The molecule has 0 heterocycles. The van der Waals surface area contributed by atoms with Gasteiger partial charge in [-0.25, -0.2) is 4.79 Å². The number of carbonyl (C=O) groups is 2. The van der Waals surface area contributed by atoms with Crippen molar-refractivity contribution in [3.63, 3.8) is 0 Å². The van der Waals surface area contributed by atoms with E-state index in [2.05, 4.69) is 0 Å². The van der Waals surface area contributed by atoms with Crippen LogP contribution in [0.5, 0.6) is 5.75 Å². The van der Waals surface area contributed by atoms with Gasteiger partial charge >= 0.3 is 5.97 Å². The second kappa shape index (κ2) is 6.02. The molecule has 2 aromatic rings. The van der Waals surface area contributed by atoms with Crippen molar-refractivity contribution in [1.82, 2.24) is 0 Å². The van der Waals surface area contributed by atoms with E-state index in [4.69, 9.17) is 9.84 Å². The monoisotopic (exact) mass is 270 g/mol. The Morgan fingerprint density at radius 3 is 1.90 bits per heavy atom. The largest absolute Gasteiger partial charge is 0.494 e. The van der Waals surface area contributed by atoms with Gasteiger partial charge in [-0.3, -0.25) is 4.79 Å². The molecule has 0 aromatic heterocycles. The highest BCUT2D eigenvalue weighted by Gasteiger charge is 2.13. The fraction of sp³-hybridized carbons (Fsp3) is 0.125. The average molecular weight is 270 g/mol. The summed E-state index contributed by atoms with van der Waals surface area (Å²) in [5, 5.41) is 8.64. The summed E-state index contributed by atoms with van der Waals surface area (Å²) in [5.74, 6) is -1.55. The van der Waals surface area contributed by atoms with Crippen LogP contribution < -0.4 is 4.74 Å². The van der Waals surface area contributed by atoms with Gasteiger partial charge in [-0.05, 0) is 30.2 Å². The molecule has 2 aromatic carbocycles. The number of hydrogen-bond donors (Lipinski definition) is 1. The van der Waals surface area contributed by atoms with Crippen LogP contribution in [0.1, 0.15) is 17.3 Å². The van der Waals surface area contributed by atoms with Gasteiger partial charge in [0.1, 0.15) is 5.75 Å². The SMILES string of the molecule is CCOc1ccc(-c2ccc(C(=O)C(=O)O)cc2)cc1. The van der Waals surface area contributed by atoms with Crippen LogP contribution in [0.4, 0.5) is 0 Å². The minimum Gasteiger partial charge on any atom is -0.494 e. The van der Waals surface area contributed by atoms with Crippen LogP contribution in [0.15, 0.2) is 48.5 Å². The molecule has 0 aliphatic carbocycles. The molecule has 4 nitrogen and oxygen atoms in total. The van der Waals surface area contributed by atoms with Gasteiger partial charge in [-0.2, -0.15) is 0 Å². The fourth-order valence-corrected chi connectivity index (χ4v) is 1.85. The van der Waals surface area contributed by atoms with E-state index in [9.17, 15) is 9.59 Å². The van der Waals surface area contributed by atoms with E-state index < -0.39 is 11.8 Å². The highest BCUT2D eigenvalue weighted by Crippen LogP contribution is 2.23. The van der Waals surface area contributed by atoms with Crippen molar-refractivity contribution < 1.29 is 19.4 Å². The third kappa shape index (κ3) is 3.03. The number of benzene rings is 2. The van der Waals surface area contributed by atoms with E-state index in [0.29, 0.717) is 6.61 Å². The summed E-state index contributed by atoms with van der Waals surface area (Å²) >= 11 is 0. The zero-order valence-electron chi connectivity index (χ0n) is 11.0. The molecular formula is C16H14O4. The number of ketones is 1. The van der Waals surface area contributed by atoms with Gasteiger partial charge in [-0.15, -0.1) is 0 Å². The quantitative estimate of drug-likeness (QED) is 0.670. The highest BCUT2D eigenvalue weighted by molar-refractivity contribution is 6.39. The Bertz CT molecular complexity index is 612. The molecule has 0 fully saturated rings. The summed E-state index contributed by atoms with van der Waals surface area (Å²) in [6, 6.07) is 14.1. The number of carboxylic acids is 1. The van der Waals surface area contributed by atoms with Gasteiger partial charge in [0.15, 0.2) is 0 Å². The maximum atomic E-state index is 11.3. The summed E-state index contributed by atoms with van der Waals surface area (Å²) < 4.78 is 5.36. The van der Waals surface area contributed by atoms with Gasteiger partial charge < -0.3 is 9.84 Å². The Morgan fingerprint density at radius 1 is 0.950 bits per heavy atom. The molecule has 1 N–H and O–H groups in total. The lowest BCUT2D eigenvalue weighted by Crippen LogP contribution is -2.12. The Hall–Kier alpha value is -2.62. The molecule has 2 rings (SSSR count). The van der Waals surface area contributed by atoms with Crippen molar-refractivity contribution in [1.29, 1.82) is 0 Å². The first-order chi connectivity index (χ1) is 9.61. The van der Waals surface area contributed by atoms with Gasteiger partial charge in [0, 0.05) is 5.56 Å². The number of Topliss-reactive ketones (excluding diaryl/α,β-unsaturated/α-hetero) is 1. The average Bonchev–Trinajstić information content (AvgIpc) is 2.48. The number of hydrogen-bond acceptors (Lipinski definition) is 3. The first-order valence-corrected chi connectivity index (χ1v) is 6.22. The third-order valence-corrected chi connectivity index (χ3v) is 2.84. The standard InChI is InChI=1S/C16H14O4/c1-2-20-14-9-7-12(8-10-14)11-3-5-13(6-4-11)15(17)16(18)19/h3-10H,2H2,1H3,(H,18,19). The third-order valence-electron chi connectivity index (χ3n) is 2.84. The van der Waals surface area contributed by atoms with Crippen molar-refractivity contribution in [2.75, 3.05) is 6.61 Å². The van der Waals surface area contributed by atoms with E-state index in [1.54, 1.807) is 12.1 Å². The predicted molar refractivity (Wildman–Crippen MR) is 75.0 cm³/mol. The van der Waals surface area contributed by atoms with Crippen molar-refractivity contribution in [2.24, 2.45) is 0 Å². The molecule has 0 atom stereocenters. The Labute approximate surface area is 116 Å². The first kappa shape index (κ1) is 13.8. The molecule has 0 radical (unpaired) electrons. The normalized spacial score (nSPS) is 10.1. The van der Waals surface area contributed by atoms with Crippen molar-refractivity contribution in [3.05, 3.63) is 54.1 Å². The number of carbonyl (C=O) groups excluding carboxylic acids is 1. The molecular weight excluding hydrogens is 256 g/mol. The van der Waals surface area contributed by atoms with Crippen molar-refractivity contribution in [3.8, 4) is 16.9 Å². The van der Waals surface area contributed by atoms with Crippen LogP contribution in [0, 0.1) is 0 Å². The van der Waals surface area contributed by atoms with Crippen LogP contribution in [0.2, 0.25) is 0 Å². The fourth-order valence-electron chi connectivity index (χ4n) is 1.85. The van der Waals surface area contributed by atoms with E-state index in [1.807, 2.05) is 31.2 Å². The summed E-state index contributed by atoms with van der Waals surface area (Å²) in [4.78, 5) is 21.9. The van der Waals surface area contributed by atoms with Crippen molar-refractivity contribution >= 4 is 11.8 Å². The van der Waals surface area contributed by atoms with Gasteiger partial charge in [0.05, 0.1) is 6.61 Å². The predicted octanol–water partition coefficient (Wildman–Crippen LogP) is 3.02. The van der Waals surface area contributed by atoms with Gasteiger partial charge in [-0.1, -0.05) is 36.4 Å². The minimum absolute atomic E-state index is 0.173. The number of ether oxygens (including phenoxy) is 1. The van der Waals surface area contributed by atoms with Crippen LogP contribution in [-0.4, -0.2) is 23.5 Å². The summed E-state index contributed by atoms with van der Waals surface area (Å²) in [7, 11) is 0. The maximum Gasteiger partial charge on any atom is 0.377 e. The Morgan fingerprint density at radius 2 is 1.45 bits per heavy atom. The van der Waals surface area contributed by atoms with Gasteiger partial charge in [0.25, 0.3) is 5.78 Å². The lowest BCUT2D eigenvalue weighted by atomic mass is 10.0. The maximum absolute atomic E-state index is 11.3.